The summed E-state index contributed by atoms with van der Waals surface area (Å²) < 4.78 is 0. The van der Waals surface area contributed by atoms with Crippen molar-refractivity contribution in [1.29, 1.82) is 0 Å². The third-order valence-corrected chi connectivity index (χ3v) is 7.41. The highest BCUT2D eigenvalue weighted by Crippen LogP contribution is 2.42. The summed E-state index contributed by atoms with van der Waals surface area (Å²) in [5.74, 6) is -0.504. The van der Waals surface area contributed by atoms with E-state index in [4.69, 9.17) is 0 Å². The number of nitrogens with zero attached hydrogens (tertiary/aromatic N) is 2. The van der Waals surface area contributed by atoms with E-state index in [9.17, 15) is 14.4 Å². The summed E-state index contributed by atoms with van der Waals surface area (Å²) in [6.07, 6.45) is 4.61. The molecule has 2 aliphatic heterocycles. The molecule has 1 aliphatic carbocycles. The number of hydrogen-bond donors (Lipinski definition) is 2. The van der Waals surface area contributed by atoms with Crippen LogP contribution in [0.5, 0.6) is 0 Å². The smallest absolute Gasteiger partial charge is 0.332 e. The van der Waals surface area contributed by atoms with Crippen LogP contribution in [0, 0.1) is 0 Å². The van der Waals surface area contributed by atoms with Crippen LogP contribution in [0.15, 0.2) is 48.5 Å². The van der Waals surface area contributed by atoms with Crippen LogP contribution in [0.3, 0.4) is 0 Å². The molecule has 1 saturated carbocycles. The Kier molecular flexibility index (Phi) is 4.54. The van der Waals surface area contributed by atoms with E-state index in [1.807, 2.05) is 25.1 Å². The minimum Gasteiger partial charge on any atom is -0.356 e. The van der Waals surface area contributed by atoms with Gasteiger partial charge in [-0.05, 0) is 43.5 Å². The van der Waals surface area contributed by atoms with Crippen LogP contribution in [0.4, 0.5) is 10.5 Å². The summed E-state index contributed by atoms with van der Waals surface area (Å²) in [6, 6.07) is 13.9. The highest BCUT2D eigenvalue weighted by atomic mass is 16.2. The second-order valence-electron chi connectivity index (χ2n) is 9.29. The summed E-state index contributed by atoms with van der Waals surface area (Å²) in [5, 5.41) is 4.18. The highest BCUT2D eigenvalue weighted by molar-refractivity contribution is 6.24. The molecule has 6 rings (SSSR count). The van der Waals surface area contributed by atoms with Crippen LogP contribution in [-0.2, 0) is 11.2 Å². The molecule has 0 radical (unpaired) electrons. The second kappa shape index (κ2) is 7.47. The van der Waals surface area contributed by atoms with Gasteiger partial charge in [0.15, 0.2) is 0 Å². The van der Waals surface area contributed by atoms with Crippen molar-refractivity contribution in [3.05, 3.63) is 65.4 Å². The van der Waals surface area contributed by atoms with Crippen molar-refractivity contribution in [2.45, 2.75) is 57.2 Å². The molecule has 2 aromatic carbocycles. The molecular formula is C26H26N4O3. The number of nitrogens with one attached hydrogen (secondary N) is 2. The molecule has 33 heavy (non-hydrogen) atoms. The summed E-state index contributed by atoms with van der Waals surface area (Å²) in [4.78, 5) is 46.6. The zero-order valence-electron chi connectivity index (χ0n) is 18.5. The molecule has 168 valence electrons. The van der Waals surface area contributed by atoms with Gasteiger partial charge < -0.3 is 15.2 Å². The average molecular weight is 443 g/mol. The fourth-order valence-electron chi connectivity index (χ4n) is 5.78. The van der Waals surface area contributed by atoms with Gasteiger partial charge in [0.05, 0.1) is 17.3 Å². The molecule has 3 heterocycles. The Morgan fingerprint density at radius 3 is 2.58 bits per heavy atom. The number of amides is 4. The Hall–Kier alpha value is -3.61. The van der Waals surface area contributed by atoms with Crippen LogP contribution < -0.4 is 10.2 Å². The lowest BCUT2D eigenvalue weighted by molar-refractivity contribution is -0.120. The molecule has 0 spiro atoms. The van der Waals surface area contributed by atoms with Crippen LogP contribution in [0.25, 0.3) is 10.9 Å². The van der Waals surface area contributed by atoms with E-state index in [1.165, 1.54) is 4.90 Å². The first kappa shape index (κ1) is 20.0. The average Bonchev–Trinajstić information content (AvgIpc) is 3.52. The molecule has 0 bridgehead atoms. The normalized spacial score (nSPS) is 22.7. The summed E-state index contributed by atoms with van der Waals surface area (Å²) in [7, 11) is 0. The molecule has 3 aliphatic rings. The molecule has 3 aromatic rings. The number of benzene rings is 2. The number of para-hydroxylation sites is 2. The third-order valence-electron chi connectivity index (χ3n) is 7.41. The molecular weight excluding hydrogens is 416 g/mol. The number of rotatable bonds is 3. The Balaban J connectivity index is 1.36. The van der Waals surface area contributed by atoms with Gasteiger partial charge >= 0.3 is 6.03 Å². The van der Waals surface area contributed by atoms with E-state index in [1.54, 1.807) is 29.2 Å². The maximum absolute atomic E-state index is 13.6. The number of fused-ring (bicyclic) bond motifs is 4. The van der Waals surface area contributed by atoms with Gasteiger partial charge in [-0.1, -0.05) is 43.2 Å². The Morgan fingerprint density at radius 2 is 1.76 bits per heavy atom. The molecule has 4 amide bonds. The van der Waals surface area contributed by atoms with Crippen molar-refractivity contribution >= 4 is 34.4 Å². The van der Waals surface area contributed by atoms with Gasteiger partial charge in [-0.25, -0.2) is 9.69 Å². The first-order valence-electron chi connectivity index (χ1n) is 11.7. The number of aromatic amines is 1. The lowest BCUT2D eigenvalue weighted by atomic mass is 9.93. The van der Waals surface area contributed by atoms with Crippen molar-refractivity contribution in [3.8, 4) is 0 Å². The lowest BCUT2D eigenvalue weighted by Gasteiger charge is -2.33. The topological polar surface area (TPSA) is 85.5 Å². The lowest BCUT2D eigenvalue weighted by Crippen LogP contribution is -2.42. The SMILES string of the molecule is CC1c2[nH]c3ccccc3c2C[C@H]2C(=O)N(c3ccccc3C(=O)NC3CCCC3)C(=O)N12. The van der Waals surface area contributed by atoms with Crippen LogP contribution in [0.2, 0.25) is 0 Å². The maximum Gasteiger partial charge on any atom is 0.332 e. The van der Waals surface area contributed by atoms with Crippen molar-refractivity contribution in [2.75, 3.05) is 4.90 Å². The van der Waals surface area contributed by atoms with Gasteiger partial charge in [-0.2, -0.15) is 0 Å². The molecule has 7 nitrogen and oxygen atoms in total. The minimum absolute atomic E-state index is 0.153. The number of H-pyrrole nitrogens is 1. The van der Waals surface area contributed by atoms with Crippen molar-refractivity contribution in [2.24, 2.45) is 0 Å². The Labute approximate surface area is 191 Å². The fraction of sp³-hybridized carbons (Fsp3) is 0.346. The Morgan fingerprint density at radius 1 is 1.03 bits per heavy atom. The molecule has 1 unspecified atom stereocenters. The van der Waals surface area contributed by atoms with Crippen LogP contribution in [-0.4, -0.2) is 39.8 Å². The second-order valence-corrected chi connectivity index (χ2v) is 9.29. The van der Waals surface area contributed by atoms with E-state index in [0.717, 1.165) is 47.8 Å². The predicted molar refractivity (Wildman–Crippen MR) is 125 cm³/mol. The quantitative estimate of drug-likeness (QED) is 0.593. The highest BCUT2D eigenvalue weighted by Gasteiger charge is 2.52. The molecule has 1 aromatic heterocycles. The number of carbonyl (C=O) groups is 3. The molecule has 7 heteroatoms. The van der Waals surface area contributed by atoms with Crippen LogP contribution >= 0.6 is 0 Å². The van der Waals surface area contributed by atoms with E-state index < -0.39 is 6.04 Å². The van der Waals surface area contributed by atoms with E-state index in [2.05, 4.69) is 16.4 Å². The first-order valence-corrected chi connectivity index (χ1v) is 11.7. The largest absolute Gasteiger partial charge is 0.356 e. The number of hydrogen-bond acceptors (Lipinski definition) is 3. The number of anilines is 1. The van der Waals surface area contributed by atoms with Gasteiger partial charge in [0.25, 0.3) is 11.8 Å². The molecule has 2 atom stereocenters. The minimum atomic E-state index is -0.579. The van der Waals surface area contributed by atoms with E-state index in [0.29, 0.717) is 17.7 Å². The monoisotopic (exact) mass is 442 g/mol. The number of carbonyl (C=O) groups excluding carboxylic acids is 3. The van der Waals surface area contributed by atoms with E-state index in [-0.39, 0.29) is 29.9 Å². The van der Waals surface area contributed by atoms with Gasteiger partial charge in [-0.15, -0.1) is 0 Å². The summed E-state index contributed by atoms with van der Waals surface area (Å²) >= 11 is 0. The molecule has 1 saturated heterocycles. The summed E-state index contributed by atoms with van der Waals surface area (Å²) in [6.45, 7) is 1.95. The van der Waals surface area contributed by atoms with Gasteiger partial charge in [-0.3, -0.25) is 9.59 Å². The van der Waals surface area contributed by atoms with Gasteiger partial charge in [0.1, 0.15) is 6.04 Å². The van der Waals surface area contributed by atoms with Crippen molar-refractivity contribution in [1.82, 2.24) is 15.2 Å². The maximum atomic E-state index is 13.6. The predicted octanol–water partition coefficient (Wildman–Crippen LogP) is 4.29. The van der Waals surface area contributed by atoms with E-state index >= 15 is 0 Å². The third kappa shape index (κ3) is 2.98. The van der Waals surface area contributed by atoms with Crippen LogP contribution in [0.1, 0.15) is 60.3 Å². The zero-order valence-corrected chi connectivity index (χ0v) is 18.5. The van der Waals surface area contributed by atoms with Crippen molar-refractivity contribution < 1.29 is 14.4 Å². The van der Waals surface area contributed by atoms with Gasteiger partial charge in [0.2, 0.25) is 0 Å². The van der Waals surface area contributed by atoms with Crippen molar-refractivity contribution in [3.63, 3.8) is 0 Å². The molecule has 2 N–H and O–H groups in total. The summed E-state index contributed by atoms with van der Waals surface area (Å²) in [5.41, 5.74) is 3.80. The number of imide groups is 1. The first-order chi connectivity index (χ1) is 16.0. The van der Waals surface area contributed by atoms with Gasteiger partial charge in [0, 0.05) is 29.1 Å². The standard InChI is InChI=1S/C26H26N4O3/c1-15-23-19(17-10-4-6-12-20(17)28-23)14-22-25(32)30(26(33)29(15)22)21-13-7-5-11-18(21)24(31)27-16-8-2-3-9-16/h4-7,10-13,15-16,22,28H,2-3,8-9,14H2,1H3,(H,27,31)/t15?,22-/m0/s1. The fourth-order valence-corrected chi connectivity index (χ4v) is 5.78. The number of urea groups is 1. The number of aromatic nitrogens is 1. The molecule has 2 fully saturated rings. The Bertz CT molecular complexity index is 1290. The zero-order chi connectivity index (χ0) is 22.7.